The quantitative estimate of drug-likeness (QED) is 0.523. The van der Waals surface area contributed by atoms with Crippen LogP contribution in [0.5, 0.6) is 0 Å². The Hall–Kier alpha value is -3.48. The number of imidazole rings is 1. The molecule has 0 aliphatic heterocycles. The summed E-state index contributed by atoms with van der Waals surface area (Å²) in [5, 5.41) is 2.94. The minimum atomic E-state index is -0.166. The molecule has 0 unspecified atom stereocenters. The summed E-state index contributed by atoms with van der Waals surface area (Å²) in [5.74, 6) is 0.987. The molecule has 0 radical (unpaired) electrons. The number of H-pyrrole nitrogens is 1. The van der Waals surface area contributed by atoms with Crippen molar-refractivity contribution < 1.29 is 9.21 Å². The standard InChI is InChI=1S/C19H17N5O2/c25-19(22-9-2-5-13-4-1-8-20-12-13)14-7-10-21-18-16(14)23-17(24-18)15-6-3-11-26-15/h1,3-4,6-8,10-12H,2,5,9H2,(H,22,25)(H,21,23,24). The second-order valence-corrected chi connectivity index (χ2v) is 5.84. The summed E-state index contributed by atoms with van der Waals surface area (Å²) < 4.78 is 5.34. The zero-order valence-electron chi connectivity index (χ0n) is 14.0. The molecule has 2 N–H and O–H groups in total. The highest BCUT2D eigenvalue weighted by Crippen LogP contribution is 2.21. The van der Waals surface area contributed by atoms with Crippen molar-refractivity contribution in [3.8, 4) is 11.6 Å². The Morgan fingerprint density at radius 2 is 2.15 bits per heavy atom. The molecule has 0 saturated heterocycles. The average Bonchev–Trinajstić information content (AvgIpc) is 3.34. The van der Waals surface area contributed by atoms with Gasteiger partial charge in [-0.2, -0.15) is 0 Å². The van der Waals surface area contributed by atoms with E-state index in [4.69, 9.17) is 4.42 Å². The van der Waals surface area contributed by atoms with Crippen LogP contribution < -0.4 is 5.32 Å². The Morgan fingerprint density at radius 1 is 1.19 bits per heavy atom. The first-order chi connectivity index (χ1) is 12.8. The van der Waals surface area contributed by atoms with Gasteiger partial charge in [0.15, 0.2) is 17.2 Å². The predicted octanol–water partition coefficient (Wildman–Crippen LogP) is 2.98. The molecule has 7 nitrogen and oxygen atoms in total. The molecule has 0 atom stereocenters. The van der Waals surface area contributed by atoms with E-state index in [2.05, 4.69) is 25.3 Å². The molecule has 0 aromatic carbocycles. The number of carbonyl (C=O) groups excluding carboxylic acids is 1. The number of hydrogen-bond donors (Lipinski definition) is 2. The summed E-state index contributed by atoms with van der Waals surface area (Å²) in [7, 11) is 0. The second kappa shape index (κ2) is 7.18. The van der Waals surface area contributed by atoms with Gasteiger partial charge in [0.2, 0.25) is 0 Å². The highest BCUT2D eigenvalue weighted by Gasteiger charge is 2.16. The molecule has 1 amide bonds. The van der Waals surface area contributed by atoms with Crippen LogP contribution in [-0.2, 0) is 6.42 Å². The molecule has 0 bridgehead atoms. The number of aromatic amines is 1. The van der Waals surface area contributed by atoms with Gasteiger partial charge in [0.25, 0.3) is 5.91 Å². The Morgan fingerprint density at radius 3 is 2.96 bits per heavy atom. The highest BCUT2D eigenvalue weighted by atomic mass is 16.3. The van der Waals surface area contributed by atoms with Crippen molar-refractivity contribution in [2.45, 2.75) is 12.8 Å². The lowest BCUT2D eigenvalue weighted by molar-refractivity contribution is 0.0954. The van der Waals surface area contributed by atoms with E-state index in [1.165, 1.54) is 0 Å². The minimum Gasteiger partial charge on any atom is -0.461 e. The monoisotopic (exact) mass is 347 g/mol. The van der Waals surface area contributed by atoms with Crippen molar-refractivity contribution in [1.29, 1.82) is 0 Å². The lowest BCUT2D eigenvalue weighted by Gasteiger charge is -2.05. The van der Waals surface area contributed by atoms with Crippen LogP contribution in [0.15, 0.2) is 59.6 Å². The van der Waals surface area contributed by atoms with E-state index in [-0.39, 0.29) is 5.91 Å². The second-order valence-electron chi connectivity index (χ2n) is 5.84. The van der Waals surface area contributed by atoms with Crippen molar-refractivity contribution >= 4 is 17.1 Å². The van der Waals surface area contributed by atoms with Gasteiger partial charge in [-0.25, -0.2) is 9.97 Å². The molecule has 130 valence electrons. The number of pyridine rings is 2. The Balaban J connectivity index is 1.45. The number of amides is 1. The van der Waals surface area contributed by atoms with Gasteiger partial charge in [0.1, 0.15) is 5.52 Å². The normalized spacial score (nSPS) is 10.9. The van der Waals surface area contributed by atoms with Gasteiger partial charge in [-0.1, -0.05) is 6.07 Å². The molecule has 26 heavy (non-hydrogen) atoms. The van der Waals surface area contributed by atoms with Gasteiger partial charge < -0.3 is 14.7 Å². The van der Waals surface area contributed by atoms with Crippen LogP contribution in [0.25, 0.3) is 22.7 Å². The SMILES string of the molecule is O=C(NCCCc1cccnc1)c1ccnc2[nH]c(-c3ccco3)nc12. The molecule has 0 saturated carbocycles. The third-order valence-electron chi connectivity index (χ3n) is 4.03. The number of hydrogen-bond acceptors (Lipinski definition) is 5. The average molecular weight is 347 g/mol. The van der Waals surface area contributed by atoms with Gasteiger partial charge >= 0.3 is 0 Å². The molecule has 0 aliphatic rings. The molecule has 0 aliphatic carbocycles. The van der Waals surface area contributed by atoms with Crippen molar-refractivity contribution in [3.63, 3.8) is 0 Å². The third-order valence-corrected chi connectivity index (χ3v) is 4.03. The van der Waals surface area contributed by atoms with Crippen molar-refractivity contribution in [2.75, 3.05) is 6.54 Å². The van der Waals surface area contributed by atoms with Gasteiger partial charge in [-0.05, 0) is 42.7 Å². The zero-order valence-corrected chi connectivity index (χ0v) is 14.0. The first kappa shape index (κ1) is 16.0. The molecule has 4 heterocycles. The van der Waals surface area contributed by atoms with Crippen LogP contribution >= 0.6 is 0 Å². The van der Waals surface area contributed by atoms with Crippen molar-refractivity contribution in [2.24, 2.45) is 0 Å². The number of fused-ring (bicyclic) bond motifs is 1. The summed E-state index contributed by atoms with van der Waals surface area (Å²) in [6, 6.07) is 9.20. The molecular formula is C19H17N5O2. The van der Waals surface area contributed by atoms with E-state index in [1.54, 1.807) is 36.9 Å². The largest absolute Gasteiger partial charge is 0.461 e. The predicted molar refractivity (Wildman–Crippen MR) is 96.5 cm³/mol. The number of nitrogens with zero attached hydrogens (tertiary/aromatic N) is 3. The number of rotatable bonds is 6. The molecule has 0 spiro atoms. The number of nitrogens with one attached hydrogen (secondary N) is 2. The molecule has 4 rings (SSSR count). The Bertz CT molecular complexity index is 1010. The van der Waals surface area contributed by atoms with Crippen LogP contribution in [0.1, 0.15) is 22.3 Å². The molecule has 7 heteroatoms. The van der Waals surface area contributed by atoms with E-state index in [1.807, 2.05) is 18.3 Å². The van der Waals surface area contributed by atoms with Gasteiger partial charge in [0.05, 0.1) is 11.8 Å². The summed E-state index contributed by atoms with van der Waals surface area (Å²) in [6.07, 6.45) is 8.46. The summed E-state index contributed by atoms with van der Waals surface area (Å²) in [6.45, 7) is 0.576. The first-order valence-electron chi connectivity index (χ1n) is 8.37. The third kappa shape index (κ3) is 3.32. The van der Waals surface area contributed by atoms with E-state index in [9.17, 15) is 4.79 Å². The molecule has 4 aromatic heterocycles. The van der Waals surface area contributed by atoms with Crippen LogP contribution in [0.4, 0.5) is 0 Å². The summed E-state index contributed by atoms with van der Waals surface area (Å²) in [4.78, 5) is 28.4. The molecular weight excluding hydrogens is 330 g/mol. The lowest BCUT2D eigenvalue weighted by Crippen LogP contribution is -2.25. The number of aromatic nitrogens is 4. The van der Waals surface area contributed by atoms with E-state index in [0.717, 1.165) is 18.4 Å². The highest BCUT2D eigenvalue weighted by molar-refractivity contribution is 6.04. The Kier molecular flexibility index (Phi) is 4.42. The maximum atomic E-state index is 12.5. The maximum absolute atomic E-state index is 12.5. The maximum Gasteiger partial charge on any atom is 0.253 e. The number of furan rings is 1. The van der Waals surface area contributed by atoms with E-state index in [0.29, 0.717) is 34.9 Å². The van der Waals surface area contributed by atoms with Crippen LogP contribution in [0, 0.1) is 0 Å². The fraction of sp³-hybridized carbons (Fsp3) is 0.158. The number of aryl methyl sites for hydroxylation is 1. The molecule has 4 aromatic rings. The van der Waals surface area contributed by atoms with Crippen LogP contribution in [0.3, 0.4) is 0 Å². The smallest absolute Gasteiger partial charge is 0.253 e. The number of carbonyl (C=O) groups is 1. The van der Waals surface area contributed by atoms with Crippen molar-refractivity contribution in [3.05, 3.63) is 66.3 Å². The Labute approximate surface area is 149 Å². The first-order valence-corrected chi connectivity index (χ1v) is 8.37. The minimum absolute atomic E-state index is 0.166. The van der Waals surface area contributed by atoms with Gasteiger partial charge in [0, 0.05) is 25.1 Å². The van der Waals surface area contributed by atoms with Crippen LogP contribution in [0.2, 0.25) is 0 Å². The van der Waals surface area contributed by atoms with Gasteiger partial charge in [-0.3, -0.25) is 9.78 Å². The fourth-order valence-electron chi connectivity index (χ4n) is 2.76. The summed E-state index contributed by atoms with van der Waals surface area (Å²) >= 11 is 0. The van der Waals surface area contributed by atoms with Crippen molar-refractivity contribution in [1.82, 2.24) is 25.3 Å². The fourth-order valence-corrected chi connectivity index (χ4v) is 2.76. The zero-order chi connectivity index (χ0) is 17.8. The van der Waals surface area contributed by atoms with E-state index >= 15 is 0 Å². The lowest BCUT2D eigenvalue weighted by atomic mass is 10.1. The molecule has 0 fully saturated rings. The summed E-state index contributed by atoms with van der Waals surface area (Å²) in [5.41, 5.74) is 2.73. The topological polar surface area (TPSA) is 96.7 Å². The van der Waals surface area contributed by atoms with Gasteiger partial charge in [-0.15, -0.1) is 0 Å². The van der Waals surface area contributed by atoms with Crippen LogP contribution in [-0.4, -0.2) is 32.4 Å². The van der Waals surface area contributed by atoms with E-state index < -0.39 is 0 Å².